The van der Waals surface area contributed by atoms with Crippen molar-refractivity contribution in [3.8, 4) is 0 Å². The van der Waals surface area contributed by atoms with Crippen LogP contribution in [0.2, 0.25) is 0 Å². The van der Waals surface area contributed by atoms with Gasteiger partial charge in [-0.05, 0) is 0 Å². The third-order valence-electron chi connectivity index (χ3n) is 0.467. The third kappa shape index (κ3) is 18.0. The van der Waals surface area contributed by atoms with Crippen molar-refractivity contribution in [3.63, 3.8) is 0 Å². The zero-order chi connectivity index (χ0) is 5.70. The summed E-state index contributed by atoms with van der Waals surface area (Å²) in [5, 5.41) is 16.4. The van der Waals surface area contributed by atoms with Crippen molar-refractivity contribution < 1.29 is 72.2 Å². The molecule has 2 N–H and O–H groups in total. The first kappa shape index (κ1) is 17.6. The molecular formula is C3H10Na2O2S2. The summed E-state index contributed by atoms with van der Waals surface area (Å²) in [6.07, 6.45) is -0.770. The van der Waals surface area contributed by atoms with Crippen LogP contribution < -0.4 is 59.1 Å². The molecule has 0 saturated heterocycles. The first-order valence-electron chi connectivity index (χ1n) is 1.90. The van der Waals surface area contributed by atoms with Crippen molar-refractivity contribution in [2.75, 3.05) is 5.75 Å². The molecular weight excluding hydrogens is 178 g/mol. The van der Waals surface area contributed by atoms with E-state index < -0.39 is 6.29 Å². The van der Waals surface area contributed by atoms with Crippen molar-refractivity contribution in [3.05, 3.63) is 0 Å². The summed E-state index contributed by atoms with van der Waals surface area (Å²) in [6, 6.07) is 0. The van der Waals surface area contributed by atoms with Gasteiger partial charge in [0.15, 0.2) is 6.29 Å². The molecule has 0 saturated carbocycles. The molecule has 0 aromatic carbocycles. The molecule has 0 aromatic rings. The van der Waals surface area contributed by atoms with Crippen LogP contribution in [-0.2, 0) is 0 Å². The molecule has 9 heavy (non-hydrogen) atoms. The van der Waals surface area contributed by atoms with E-state index in [9.17, 15) is 0 Å². The summed E-state index contributed by atoms with van der Waals surface area (Å²) in [4.78, 5) is 0. The van der Waals surface area contributed by atoms with E-state index in [0.29, 0.717) is 12.2 Å². The van der Waals surface area contributed by atoms with Gasteiger partial charge in [-0.3, -0.25) is 0 Å². The normalized spacial score (nSPS) is 8.00. The van der Waals surface area contributed by atoms with E-state index in [1.54, 1.807) is 0 Å². The molecule has 0 atom stereocenters. The van der Waals surface area contributed by atoms with Gasteiger partial charge in [-0.15, -0.1) is 11.7 Å². The van der Waals surface area contributed by atoms with Crippen LogP contribution >= 0.6 is 22.5 Å². The van der Waals surface area contributed by atoms with Crippen molar-refractivity contribution in [1.29, 1.82) is 0 Å². The van der Waals surface area contributed by atoms with Gasteiger partial charge < -0.3 is 13.1 Å². The Bertz CT molecular complexity index is 54.3. The second-order valence-corrected chi connectivity index (χ2v) is 2.54. The zero-order valence-electron chi connectivity index (χ0n) is 7.74. The van der Waals surface area contributed by atoms with Crippen LogP contribution in [-0.4, -0.2) is 22.3 Å². The van der Waals surface area contributed by atoms with Gasteiger partial charge >= 0.3 is 59.1 Å². The molecule has 0 aromatic heterocycles. The van der Waals surface area contributed by atoms with E-state index >= 15 is 0 Å². The third-order valence-corrected chi connectivity index (χ3v) is 1.43. The SMILES string of the molecule is OC(O)CCSS.[H-].[H-].[Na+].[Na+]. The first-order valence-corrected chi connectivity index (χ1v) is 3.93. The molecule has 0 radical (unpaired) electrons. The predicted molar refractivity (Wildman–Crippen MR) is 36.5 cm³/mol. The summed E-state index contributed by atoms with van der Waals surface area (Å²) in [5.41, 5.74) is 0. The van der Waals surface area contributed by atoms with Gasteiger partial charge in [0.1, 0.15) is 0 Å². The molecule has 0 aliphatic carbocycles. The molecule has 0 fully saturated rings. The van der Waals surface area contributed by atoms with Gasteiger partial charge in [0, 0.05) is 12.2 Å². The molecule has 0 spiro atoms. The van der Waals surface area contributed by atoms with Crippen molar-refractivity contribution in [2.45, 2.75) is 12.7 Å². The minimum absolute atomic E-state index is 0. The molecule has 0 aliphatic heterocycles. The van der Waals surface area contributed by atoms with E-state index in [1.165, 1.54) is 10.8 Å². The number of hydrogen-bond donors (Lipinski definition) is 3. The monoisotopic (exact) mass is 188 g/mol. The molecule has 0 rings (SSSR count). The predicted octanol–water partition coefficient (Wildman–Crippen LogP) is -5.50. The molecule has 0 bridgehead atoms. The Morgan fingerprint density at radius 2 is 1.89 bits per heavy atom. The maximum absolute atomic E-state index is 8.19. The zero-order valence-corrected chi connectivity index (χ0v) is 11.5. The van der Waals surface area contributed by atoms with Crippen molar-refractivity contribution in [2.24, 2.45) is 0 Å². The Morgan fingerprint density at radius 3 is 2.00 bits per heavy atom. The van der Waals surface area contributed by atoms with Gasteiger partial charge in [-0.2, -0.15) is 0 Å². The van der Waals surface area contributed by atoms with Gasteiger partial charge in [0.25, 0.3) is 0 Å². The second-order valence-electron chi connectivity index (χ2n) is 1.10. The molecule has 2 nitrogen and oxygen atoms in total. The Balaban J connectivity index is -0.0000000300. The second kappa shape index (κ2) is 13.2. The Morgan fingerprint density at radius 1 is 1.44 bits per heavy atom. The largest absolute Gasteiger partial charge is 1.00 e. The summed E-state index contributed by atoms with van der Waals surface area (Å²) in [7, 11) is 1.30. The van der Waals surface area contributed by atoms with Crippen molar-refractivity contribution in [1.82, 2.24) is 0 Å². The minimum atomic E-state index is -1.17. The maximum atomic E-state index is 8.19. The van der Waals surface area contributed by atoms with E-state index in [0.717, 1.165) is 0 Å². The van der Waals surface area contributed by atoms with Crippen molar-refractivity contribution >= 4 is 22.5 Å². The quantitative estimate of drug-likeness (QED) is 0.179. The summed E-state index contributed by atoms with van der Waals surface area (Å²) >= 11 is 3.79. The molecule has 0 unspecified atom stereocenters. The molecule has 6 heteroatoms. The van der Waals surface area contributed by atoms with Crippen LogP contribution in [0.25, 0.3) is 0 Å². The molecule has 48 valence electrons. The molecule has 0 aliphatic rings. The van der Waals surface area contributed by atoms with Crippen LogP contribution in [0.4, 0.5) is 0 Å². The summed E-state index contributed by atoms with van der Waals surface area (Å²) < 4.78 is 0. The fraction of sp³-hybridized carbons (Fsp3) is 1.00. The summed E-state index contributed by atoms with van der Waals surface area (Å²) in [5.74, 6) is 0.681. The number of hydrogen-bond acceptors (Lipinski definition) is 4. The number of aliphatic hydroxyl groups excluding tert-OH is 1. The minimum Gasteiger partial charge on any atom is -1.00 e. The fourth-order valence-electron chi connectivity index (χ4n) is 0.158. The topological polar surface area (TPSA) is 40.5 Å². The number of thiol groups is 1. The van der Waals surface area contributed by atoms with Gasteiger partial charge in [-0.1, -0.05) is 10.8 Å². The smallest absolute Gasteiger partial charge is 1.00 e. The van der Waals surface area contributed by atoms with E-state index in [2.05, 4.69) is 11.7 Å². The van der Waals surface area contributed by atoms with Gasteiger partial charge in [-0.25, -0.2) is 0 Å². The summed E-state index contributed by atoms with van der Waals surface area (Å²) in [6.45, 7) is 0. The Hall–Kier alpha value is 2.62. The first-order chi connectivity index (χ1) is 3.27. The standard InChI is InChI=1S/C3H8O2S2.2Na.2H/c4-3(5)1-2-7-6;;;;/h3-6H,1-2H2;;;;/q;2*+1;2*-1. The van der Waals surface area contributed by atoms with Crippen LogP contribution in [0.1, 0.15) is 9.27 Å². The maximum Gasteiger partial charge on any atom is 1.00 e. The van der Waals surface area contributed by atoms with Crippen LogP contribution in [0, 0.1) is 0 Å². The van der Waals surface area contributed by atoms with Crippen LogP contribution in [0.5, 0.6) is 0 Å². The average molecular weight is 188 g/mol. The van der Waals surface area contributed by atoms with E-state index in [1.807, 2.05) is 0 Å². The Labute approximate surface area is 112 Å². The van der Waals surface area contributed by atoms with Gasteiger partial charge in [0.2, 0.25) is 0 Å². The molecule has 0 amide bonds. The number of rotatable bonds is 3. The Kier molecular flexibility index (Phi) is 25.9. The van der Waals surface area contributed by atoms with Gasteiger partial charge in [0.05, 0.1) is 0 Å². The molecule has 0 heterocycles. The van der Waals surface area contributed by atoms with E-state index in [-0.39, 0.29) is 62.0 Å². The van der Waals surface area contributed by atoms with Crippen LogP contribution in [0.3, 0.4) is 0 Å². The average Bonchev–Trinajstić information content (AvgIpc) is 1.61. The van der Waals surface area contributed by atoms with E-state index in [4.69, 9.17) is 10.2 Å². The number of aliphatic hydroxyl groups is 2. The fourth-order valence-corrected chi connectivity index (χ4v) is 0.791. The van der Waals surface area contributed by atoms with Crippen LogP contribution in [0.15, 0.2) is 0 Å².